The largest absolute Gasteiger partial charge is 0.495 e. The van der Waals surface area contributed by atoms with Crippen LogP contribution in [-0.2, 0) is 14.3 Å². The van der Waals surface area contributed by atoms with Crippen molar-refractivity contribution in [3.05, 3.63) is 18.2 Å². The molecule has 2 aliphatic heterocycles. The molecule has 3 rings (SSSR count). The van der Waals surface area contributed by atoms with Crippen molar-refractivity contribution in [3.63, 3.8) is 0 Å². The average Bonchev–Trinajstić information content (AvgIpc) is 2.62. The SMILES string of the molecule is COc1ccc(NC(=O)C2(N)CCOCC2)cc1N1CCCCC1=O. The van der Waals surface area contributed by atoms with Gasteiger partial charge in [0.25, 0.3) is 0 Å². The molecule has 0 saturated carbocycles. The van der Waals surface area contributed by atoms with Crippen molar-refractivity contribution in [2.75, 3.05) is 37.1 Å². The molecular formula is C18H25N3O4. The summed E-state index contributed by atoms with van der Waals surface area (Å²) in [4.78, 5) is 26.6. The zero-order valence-corrected chi connectivity index (χ0v) is 14.5. The van der Waals surface area contributed by atoms with Gasteiger partial charge in [0.1, 0.15) is 11.3 Å². The Kier molecular flexibility index (Phi) is 5.24. The Balaban J connectivity index is 1.81. The molecule has 1 aromatic rings. The van der Waals surface area contributed by atoms with E-state index in [2.05, 4.69) is 5.32 Å². The van der Waals surface area contributed by atoms with Gasteiger partial charge in [-0.1, -0.05) is 0 Å². The molecule has 25 heavy (non-hydrogen) atoms. The lowest BCUT2D eigenvalue weighted by molar-refractivity contribution is -0.124. The third-order valence-corrected chi connectivity index (χ3v) is 4.89. The van der Waals surface area contributed by atoms with Gasteiger partial charge < -0.3 is 25.4 Å². The number of carbonyl (C=O) groups excluding carboxylic acids is 2. The fourth-order valence-electron chi connectivity index (χ4n) is 3.26. The molecule has 7 heteroatoms. The molecule has 0 unspecified atom stereocenters. The number of anilines is 2. The van der Waals surface area contributed by atoms with Crippen molar-refractivity contribution < 1.29 is 19.1 Å². The minimum Gasteiger partial charge on any atom is -0.495 e. The summed E-state index contributed by atoms with van der Waals surface area (Å²) >= 11 is 0. The average molecular weight is 347 g/mol. The summed E-state index contributed by atoms with van der Waals surface area (Å²) in [5.74, 6) is 0.464. The standard InChI is InChI=1S/C18H25N3O4/c1-24-15-6-5-13(12-14(15)21-9-3-2-4-16(21)22)20-17(23)18(19)7-10-25-11-8-18/h5-6,12H,2-4,7-11,19H2,1H3,(H,20,23). The molecule has 7 nitrogen and oxygen atoms in total. The van der Waals surface area contributed by atoms with Gasteiger partial charge >= 0.3 is 0 Å². The number of nitrogens with zero attached hydrogens (tertiary/aromatic N) is 1. The maximum Gasteiger partial charge on any atom is 0.244 e. The van der Waals surface area contributed by atoms with Crippen LogP contribution in [0.4, 0.5) is 11.4 Å². The molecule has 136 valence electrons. The van der Waals surface area contributed by atoms with Gasteiger partial charge in [-0.05, 0) is 43.9 Å². The van der Waals surface area contributed by atoms with Gasteiger partial charge in [0.2, 0.25) is 11.8 Å². The first-order valence-electron chi connectivity index (χ1n) is 8.70. The quantitative estimate of drug-likeness (QED) is 0.864. The Morgan fingerprint density at radius 1 is 1.32 bits per heavy atom. The van der Waals surface area contributed by atoms with E-state index in [0.717, 1.165) is 12.8 Å². The van der Waals surface area contributed by atoms with Crippen LogP contribution in [0, 0.1) is 0 Å². The Morgan fingerprint density at radius 3 is 2.76 bits per heavy atom. The van der Waals surface area contributed by atoms with Crippen LogP contribution in [0.1, 0.15) is 32.1 Å². The van der Waals surface area contributed by atoms with Crippen LogP contribution in [0.15, 0.2) is 18.2 Å². The highest BCUT2D eigenvalue weighted by atomic mass is 16.5. The first-order chi connectivity index (χ1) is 12.0. The lowest BCUT2D eigenvalue weighted by atomic mass is 9.90. The molecule has 2 aliphatic rings. The van der Waals surface area contributed by atoms with Gasteiger partial charge in [-0.3, -0.25) is 9.59 Å². The second-order valence-electron chi connectivity index (χ2n) is 6.61. The molecular weight excluding hydrogens is 322 g/mol. The molecule has 0 atom stereocenters. The molecule has 2 fully saturated rings. The zero-order chi connectivity index (χ0) is 17.9. The van der Waals surface area contributed by atoms with Gasteiger partial charge in [0.15, 0.2) is 0 Å². The molecule has 2 heterocycles. The fourth-order valence-corrected chi connectivity index (χ4v) is 3.26. The molecule has 0 radical (unpaired) electrons. The summed E-state index contributed by atoms with van der Waals surface area (Å²) < 4.78 is 10.7. The number of benzene rings is 1. The summed E-state index contributed by atoms with van der Waals surface area (Å²) in [7, 11) is 1.57. The van der Waals surface area contributed by atoms with E-state index >= 15 is 0 Å². The first kappa shape index (κ1) is 17.7. The van der Waals surface area contributed by atoms with Gasteiger partial charge in [-0.2, -0.15) is 0 Å². The minimum absolute atomic E-state index is 0.0766. The normalized spacial score (nSPS) is 20.2. The highest BCUT2D eigenvalue weighted by molar-refractivity contribution is 6.00. The van der Waals surface area contributed by atoms with Crippen molar-refractivity contribution in [3.8, 4) is 5.75 Å². The van der Waals surface area contributed by atoms with E-state index in [-0.39, 0.29) is 11.8 Å². The number of hydrogen-bond acceptors (Lipinski definition) is 5. The van der Waals surface area contributed by atoms with Crippen molar-refractivity contribution in [1.82, 2.24) is 0 Å². The van der Waals surface area contributed by atoms with Crippen LogP contribution in [0.5, 0.6) is 5.75 Å². The number of amides is 2. The first-order valence-corrected chi connectivity index (χ1v) is 8.70. The van der Waals surface area contributed by atoms with Gasteiger partial charge in [0, 0.05) is 31.9 Å². The highest BCUT2D eigenvalue weighted by Gasteiger charge is 2.36. The van der Waals surface area contributed by atoms with Gasteiger partial charge in [-0.15, -0.1) is 0 Å². The number of carbonyl (C=O) groups is 2. The highest BCUT2D eigenvalue weighted by Crippen LogP contribution is 2.34. The summed E-state index contributed by atoms with van der Waals surface area (Å²) in [6.45, 7) is 1.63. The number of piperidine rings is 1. The smallest absolute Gasteiger partial charge is 0.244 e. The molecule has 2 saturated heterocycles. The summed E-state index contributed by atoms with van der Waals surface area (Å²) in [6.07, 6.45) is 3.38. The number of hydrogen-bond donors (Lipinski definition) is 2. The molecule has 2 amide bonds. The Hall–Kier alpha value is -2.12. The molecule has 1 aromatic carbocycles. The molecule has 3 N–H and O–H groups in total. The third kappa shape index (κ3) is 3.77. The van der Waals surface area contributed by atoms with E-state index in [9.17, 15) is 9.59 Å². The maximum atomic E-state index is 12.6. The topological polar surface area (TPSA) is 93.9 Å². The van der Waals surface area contributed by atoms with E-state index in [1.54, 1.807) is 30.2 Å². The summed E-state index contributed by atoms with van der Waals surface area (Å²) in [5, 5.41) is 2.88. The van der Waals surface area contributed by atoms with Crippen molar-refractivity contribution in [2.24, 2.45) is 5.73 Å². The molecule has 0 spiro atoms. The number of rotatable bonds is 4. The van der Waals surface area contributed by atoms with E-state index in [0.29, 0.717) is 56.1 Å². The second kappa shape index (κ2) is 7.41. The number of ether oxygens (including phenoxy) is 2. The Bertz CT molecular complexity index is 656. The van der Waals surface area contributed by atoms with Crippen LogP contribution in [0.2, 0.25) is 0 Å². The fraction of sp³-hybridized carbons (Fsp3) is 0.556. The summed E-state index contributed by atoms with van der Waals surface area (Å²) in [5.41, 5.74) is 6.60. The number of methoxy groups -OCH3 is 1. The molecule has 0 aromatic heterocycles. The van der Waals surface area contributed by atoms with Gasteiger partial charge in [-0.25, -0.2) is 0 Å². The second-order valence-corrected chi connectivity index (χ2v) is 6.61. The van der Waals surface area contributed by atoms with Crippen molar-refractivity contribution in [2.45, 2.75) is 37.6 Å². The van der Waals surface area contributed by atoms with Crippen LogP contribution < -0.4 is 20.7 Å². The van der Waals surface area contributed by atoms with Crippen LogP contribution in [-0.4, -0.2) is 44.2 Å². The van der Waals surface area contributed by atoms with Crippen molar-refractivity contribution in [1.29, 1.82) is 0 Å². The lowest BCUT2D eigenvalue weighted by Gasteiger charge is -2.32. The maximum absolute atomic E-state index is 12.6. The minimum atomic E-state index is -0.917. The van der Waals surface area contributed by atoms with Crippen molar-refractivity contribution >= 4 is 23.2 Å². The van der Waals surface area contributed by atoms with E-state index in [4.69, 9.17) is 15.2 Å². The van der Waals surface area contributed by atoms with E-state index in [1.165, 1.54) is 0 Å². The van der Waals surface area contributed by atoms with Crippen LogP contribution >= 0.6 is 0 Å². The molecule has 0 bridgehead atoms. The Morgan fingerprint density at radius 2 is 2.08 bits per heavy atom. The monoisotopic (exact) mass is 347 g/mol. The lowest BCUT2D eigenvalue weighted by Crippen LogP contribution is -2.54. The van der Waals surface area contributed by atoms with Crippen LogP contribution in [0.3, 0.4) is 0 Å². The van der Waals surface area contributed by atoms with E-state index in [1.807, 2.05) is 0 Å². The zero-order valence-electron chi connectivity index (χ0n) is 14.5. The Labute approximate surface area is 147 Å². The van der Waals surface area contributed by atoms with E-state index < -0.39 is 5.54 Å². The van der Waals surface area contributed by atoms with Gasteiger partial charge in [0.05, 0.1) is 12.8 Å². The number of nitrogens with one attached hydrogen (secondary N) is 1. The molecule has 0 aliphatic carbocycles. The number of nitrogens with two attached hydrogens (primary N) is 1. The predicted octanol–water partition coefficient (Wildman–Crippen LogP) is 1.66. The predicted molar refractivity (Wildman–Crippen MR) is 94.8 cm³/mol. The third-order valence-electron chi connectivity index (χ3n) is 4.89. The van der Waals surface area contributed by atoms with Crippen LogP contribution in [0.25, 0.3) is 0 Å². The summed E-state index contributed by atoms with van der Waals surface area (Å²) in [6, 6.07) is 5.31.